The van der Waals surface area contributed by atoms with Crippen LogP contribution in [0.15, 0.2) is 18.2 Å². The van der Waals surface area contributed by atoms with Crippen LogP contribution in [-0.2, 0) is 6.42 Å². The largest absolute Gasteiger partial charge is 0.309 e. The molecule has 108 valence electrons. The second-order valence-electron chi connectivity index (χ2n) is 5.18. The third kappa shape index (κ3) is 3.64. The van der Waals surface area contributed by atoms with E-state index in [4.69, 9.17) is 0 Å². The van der Waals surface area contributed by atoms with Crippen molar-refractivity contribution in [3.8, 4) is 0 Å². The molecule has 0 aliphatic carbocycles. The number of nitrogens with one attached hydrogen (secondary N) is 1. The number of aryl methyl sites for hydroxylation is 3. The molecule has 1 N–H and O–H groups in total. The number of benzene rings is 1. The van der Waals surface area contributed by atoms with E-state index in [1.807, 2.05) is 19.9 Å². The molecule has 1 aromatic heterocycles. The molecular formula is C16H21FN2S. The summed E-state index contributed by atoms with van der Waals surface area (Å²) < 4.78 is 13.0. The fourth-order valence-corrected chi connectivity index (χ4v) is 3.36. The Morgan fingerprint density at radius 1 is 1.30 bits per heavy atom. The van der Waals surface area contributed by atoms with Crippen LogP contribution in [0.4, 0.5) is 4.39 Å². The van der Waals surface area contributed by atoms with Crippen LogP contribution in [0.2, 0.25) is 0 Å². The molecule has 0 fully saturated rings. The zero-order valence-electron chi connectivity index (χ0n) is 12.5. The van der Waals surface area contributed by atoms with Crippen LogP contribution in [0.3, 0.4) is 0 Å². The number of aromatic nitrogens is 1. The van der Waals surface area contributed by atoms with Crippen molar-refractivity contribution in [2.75, 3.05) is 6.54 Å². The highest BCUT2D eigenvalue weighted by atomic mass is 32.1. The first-order valence-corrected chi connectivity index (χ1v) is 7.71. The minimum absolute atomic E-state index is 0.164. The maximum atomic E-state index is 13.0. The molecule has 20 heavy (non-hydrogen) atoms. The van der Waals surface area contributed by atoms with E-state index in [-0.39, 0.29) is 5.82 Å². The summed E-state index contributed by atoms with van der Waals surface area (Å²) in [7, 11) is 0. The van der Waals surface area contributed by atoms with Gasteiger partial charge in [-0.1, -0.05) is 6.07 Å². The number of hydrogen-bond donors (Lipinski definition) is 1. The second-order valence-corrected chi connectivity index (χ2v) is 6.41. The van der Waals surface area contributed by atoms with E-state index in [1.54, 1.807) is 17.4 Å². The SMILES string of the molecule is Cc1nc(C)c(C(C)NCCc2ccc(F)cc2C)s1. The van der Waals surface area contributed by atoms with E-state index in [1.165, 1.54) is 16.5 Å². The molecule has 0 spiro atoms. The van der Waals surface area contributed by atoms with E-state index in [0.717, 1.165) is 29.2 Å². The molecule has 4 heteroatoms. The highest BCUT2D eigenvalue weighted by molar-refractivity contribution is 7.11. The molecule has 0 aliphatic rings. The predicted octanol–water partition coefficient (Wildman–Crippen LogP) is 4.10. The fourth-order valence-electron chi connectivity index (χ4n) is 2.40. The van der Waals surface area contributed by atoms with Gasteiger partial charge in [-0.25, -0.2) is 9.37 Å². The first kappa shape index (κ1) is 15.1. The minimum atomic E-state index is -0.164. The Balaban J connectivity index is 1.91. The van der Waals surface area contributed by atoms with Gasteiger partial charge in [-0.3, -0.25) is 0 Å². The van der Waals surface area contributed by atoms with Gasteiger partial charge in [0.1, 0.15) is 5.82 Å². The number of nitrogens with zero attached hydrogens (tertiary/aromatic N) is 1. The normalized spacial score (nSPS) is 12.7. The van der Waals surface area contributed by atoms with Crippen LogP contribution in [0.25, 0.3) is 0 Å². The summed E-state index contributed by atoms with van der Waals surface area (Å²) in [5, 5.41) is 4.63. The van der Waals surface area contributed by atoms with E-state index >= 15 is 0 Å². The molecule has 0 aliphatic heterocycles. The zero-order valence-corrected chi connectivity index (χ0v) is 13.3. The molecule has 2 nitrogen and oxygen atoms in total. The van der Waals surface area contributed by atoms with Crippen molar-refractivity contribution in [3.05, 3.63) is 50.7 Å². The third-order valence-electron chi connectivity index (χ3n) is 3.48. The van der Waals surface area contributed by atoms with Gasteiger partial charge in [0.2, 0.25) is 0 Å². The van der Waals surface area contributed by atoms with Crippen molar-refractivity contribution in [2.24, 2.45) is 0 Å². The number of rotatable bonds is 5. The molecule has 1 aromatic carbocycles. The highest BCUT2D eigenvalue weighted by Crippen LogP contribution is 2.24. The monoisotopic (exact) mass is 292 g/mol. The van der Waals surface area contributed by atoms with E-state index in [2.05, 4.69) is 24.1 Å². The standard InChI is InChI=1S/C16H21FN2S/c1-10-9-15(17)6-5-14(10)7-8-18-11(2)16-12(3)19-13(4)20-16/h5-6,9,11,18H,7-8H2,1-4H3. The van der Waals surface area contributed by atoms with Gasteiger partial charge in [0, 0.05) is 10.9 Å². The van der Waals surface area contributed by atoms with Crippen molar-refractivity contribution in [3.63, 3.8) is 0 Å². The Labute approximate surface area is 124 Å². The number of halogens is 1. The lowest BCUT2D eigenvalue weighted by Gasteiger charge is -2.13. The quantitative estimate of drug-likeness (QED) is 0.897. The van der Waals surface area contributed by atoms with Crippen LogP contribution in [0, 0.1) is 26.6 Å². The van der Waals surface area contributed by atoms with Crippen molar-refractivity contribution < 1.29 is 4.39 Å². The average Bonchev–Trinajstić information content (AvgIpc) is 2.71. The third-order valence-corrected chi connectivity index (χ3v) is 4.74. The average molecular weight is 292 g/mol. The first-order chi connectivity index (χ1) is 9.47. The van der Waals surface area contributed by atoms with Gasteiger partial charge < -0.3 is 5.32 Å². The summed E-state index contributed by atoms with van der Waals surface area (Å²) >= 11 is 1.75. The van der Waals surface area contributed by atoms with Gasteiger partial charge in [-0.2, -0.15) is 0 Å². The molecule has 0 bridgehead atoms. The number of thiazole rings is 1. The Morgan fingerprint density at radius 2 is 2.05 bits per heavy atom. The van der Waals surface area contributed by atoms with E-state index in [0.29, 0.717) is 6.04 Å². The fraction of sp³-hybridized carbons (Fsp3) is 0.438. The topological polar surface area (TPSA) is 24.9 Å². The van der Waals surface area contributed by atoms with Gasteiger partial charge >= 0.3 is 0 Å². The molecule has 2 aromatic rings. The Bertz CT molecular complexity index is 592. The van der Waals surface area contributed by atoms with Gasteiger partial charge in [-0.15, -0.1) is 11.3 Å². The van der Waals surface area contributed by atoms with Crippen molar-refractivity contribution in [1.82, 2.24) is 10.3 Å². The van der Waals surface area contributed by atoms with E-state index in [9.17, 15) is 4.39 Å². The summed E-state index contributed by atoms with van der Waals surface area (Å²) in [6.07, 6.45) is 0.910. The molecule has 0 saturated heterocycles. The summed E-state index contributed by atoms with van der Waals surface area (Å²) in [5.41, 5.74) is 3.33. The van der Waals surface area contributed by atoms with E-state index < -0.39 is 0 Å². The first-order valence-electron chi connectivity index (χ1n) is 6.89. The van der Waals surface area contributed by atoms with Crippen molar-refractivity contribution >= 4 is 11.3 Å². The molecular weight excluding hydrogens is 271 g/mol. The smallest absolute Gasteiger partial charge is 0.123 e. The lowest BCUT2D eigenvalue weighted by Crippen LogP contribution is -2.21. The Morgan fingerprint density at radius 3 is 2.65 bits per heavy atom. The minimum Gasteiger partial charge on any atom is -0.309 e. The molecule has 0 saturated carbocycles. The predicted molar refractivity (Wildman–Crippen MR) is 82.8 cm³/mol. The summed E-state index contributed by atoms with van der Waals surface area (Å²) in [5.74, 6) is -0.164. The van der Waals surface area contributed by atoms with Crippen LogP contribution in [0.1, 0.15) is 39.7 Å². The Hall–Kier alpha value is -1.26. The van der Waals surface area contributed by atoms with Crippen LogP contribution < -0.4 is 5.32 Å². The van der Waals surface area contributed by atoms with Crippen LogP contribution in [-0.4, -0.2) is 11.5 Å². The molecule has 0 radical (unpaired) electrons. The summed E-state index contributed by atoms with van der Waals surface area (Å²) in [6.45, 7) is 9.09. The van der Waals surface area contributed by atoms with Gasteiger partial charge in [0.15, 0.2) is 0 Å². The molecule has 1 heterocycles. The lowest BCUT2D eigenvalue weighted by molar-refractivity contribution is 0.579. The highest BCUT2D eigenvalue weighted by Gasteiger charge is 2.12. The van der Waals surface area contributed by atoms with Crippen molar-refractivity contribution in [2.45, 2.75) is 40.2 Å². The summed E-state index contributed by atoms with van der Waals surface area (Å²) in [6, 6.07) is 5.30. The summed E-state index contributed by atoms with van der Waals surface area (Å²) in [4.78, 5) is 5.76. The lowest BCUT2D eigenvalue weighted by atomic mass is 10.1. The molecule has 0 amide bonds. The van der Waals surface area contributed by atoms with Crippen molar-refractivity contribution in [1.29, 1.82) is 0 Å². The van der Waals surface area contributed by atoms with Gasteiger partial charge in [-0.05, 0) is 63.9 Å². The molecule has 2 rings (SSSR count). The number of hydrogen-bond acceptors (Lipinski definition) is 3. The second kappa shape index (κ2) is 6.46. The maximum absolute atomic E-state index is 13.0. The van der Waals surface area contributed by atoms with Crippen LogP contribution >= 0.6 is 11.3 Å². The molecule has 1 atom stereocenters. The van der Waals surface area contributed by atoms with Gasteiger partial charge in [0.05, 0.1) is 10.7 Å². The maximum Gasteiger partial charge on any atom is 0.123 e. The zero-order chi connectivity index (χ0) is 14.7. The molecule has 1 unspecified atom stereocenters. The van der Waals surface area contributed by atoms with Crippen LogP contribution in [0.5, 0.6) is 0 Å². The Kier molecular flexibility index (Phi) is 4.89. The van der Waals surface area contributed by atoms with Gasteiger partial charge in [0.25, 0.3) is 0 Å².